The molecule has 1 aromatic carbocycles. The van der Waals surface area contributed by atoms with Gasteiger partial charge in [-0.05, 0) is 36.1 Å². The summed E-state index contributed by atoms with van der Waals surface area (Å²) in [5, 5.41) is 0. The van der Waals surface area contributed by atoms with Crippen molar-refractivity contribution < 1.29 is 4.79 Å². The molecule has 0 fully saturated rings. The van der Waals surface area contributed by atoms with Crippen LogP contribution in [0.1, 0.15) is 25.8 Å². The summed E-state index contributed by atoms with van der Waals surface area (Å²) in [6.45, 7) is 5.10. The van der Waals surface area contributed by atoms with Crippen LogP contribution in [0.25, 0.3) is 6.08 Å². The lowest BCUT2D eigenvalue weighted by Gasteiger charge is -2.16. The van der Waals surface area contributed by atoms with Crippen LogP contribution in [0.4, 0.5) is 5.69 Å². The average Bonchev–Trinajstić information content (AvgIpc) is 2.33. The van der Waals surface area contributed by atoms with Gasteiger partial charge in [0.05, 0.1) is 0 Å². The van der Waals surface area contributed by atoms with Gasteiger partial charge in [-0.25, -0.2) is 0 Å². The molecular weight excluding hydrogens is 224 g/mol. The molecule has 0 aliphatic carbocycles. The highest BCUT2D eigenvalue weighted by atomic mass is 16.2. The fraction of sp³-hybridized carbons (Fsp3) is 0.400. The third-order valence-electron chi connectivity index (χ3n) is 2.75. The van der Waals surface area contributed by atoms with Crippen molar-refractivity contribution in [2.24, 2.45) is 5.92 Å². The zero-order chi connectivity index (χ0) is 13.5. The van der Waals surface area contributed by atoms with Gasteiger partial charge < -0.3 is 10.6 Å². The lowest BCUT2D eigenvalue weighted by molar-refractivity contribution is -0.124. The molecule has 2 N–H and O–H groups in total. The van der Waals surface area contributed by atoms with Crippen molar-refractivity contribution in [1.82, 2.24) is 4.90 Å². The lowest BCUT2D eigenvalue weighted by Crippen LogP contribution is -2.26. The van der Waals surface area contributed by atoms with E-state index in [1.54, 1.807) is 17.1 Å². The molecule has 0 unspecified atom stereocenters. The van der Waals surface area contributed by atoms with Crippen molar-refractivity contribution in [3.05, 3.63) is 35.9 Å². The van der Waals surface area contributed by atoms with Gasteiger partial charge in [0.1, 0.15) is 0 Å². The molecule has 0 aromatic heterocycles. The molecule has 0 saturated carbocycles. The number of carbonyl (C=O) groups excluding carboxylic acids is 1. The predicted molar refractivity (Wildman–Crippen MR) is 77.0 cm³/mol. The number of hydrogen-bond acceptors (Lipinski definition) is 2. The van der Waals surface area contributed by atoms with Gasteiger partial charge >= 0.3 is 0 Å². The second kappa shape index (κ2) is 6.84. The van der Waals surface area contributed by atoms with Gasteiger partial charge in [0, 0.05) is 25.4 Å². The summed E-state index contributed by atoms with van der Waals surface area (Å²) in [6, 6.07) is 7.47. The normalized spacial score (nSPS) is 11.1. The van der Waals surface area contributed by atoms with Crippen LogP contribution in [-0.2, 0) is 4.79 Å². The molecular formula is C15H22N2O. The number of hydrogen-bond donors (Lipinski definition) is 1. The number of nitrogen functional groups attached to an aromatic ring is 1. The summed E-state index contributed by atoms with van der Waals surface area (Å²) in [7, 11) is 1.83. The molecule has 0 saturated heterocycles. The molecule has 0 aliphatic heterocycles. The van der Waals surface area contributed by atoms with Gasteiger partial charge in [-0.1, -0.05) is 26.0 Å². The third-order valence-corrected chi connectivity index (χ3v) is 2.75. The summed E-state index contributed by atoms with van der Waals surface area (Å²) in [5.41, 5.74) is 7.33. The first-order valence-corrected chi connectivity index (χ1v) is 6.27. The van der Waals surface area contributed by atoms with E-state index in [0.29, 0.717) is 11.6 Å². The predicted octanol–water partition coefficient (Wildman–Crippen LogP) is 2.79. The van der Waals surface area contributed by atoms with Gasteiger partial charge in [-0.15, -0.1) is 0 Å². The van der Waals surface area contributed by atoms with E-state index in [4.69, 9.17) is 5.73 Å². The van der Waals surface area contributed by atoms with E-state index in [0.717, 1.165) is 18.5 Å². The number of nitrogens with zero attached hydrogens (tertiary/aromatic N) is 1. The second-order valence-corrected chi connectivity index (χ2v) is 4.95. The Kier molecular flexibility index (Phi) is 5.43. The first-order chi connectivity index (χ1) is 8.49. The summed E-state index contributed by atoms with van der Waals surface area (Å²) in [5.74, 6) is 0.635. The van der Waals surface area contributed by atoms with Crippen molar-refractivity contribution in [2.75, 3.05) is 19.3 Å². The Balaban J connectivity index is 2.53. The van der Waals surface area contributed by atoms with Crippen molar-refractivity contribution in [3.63, 3.8) is 0 Å². The number of anilines is 1. The minimum atomic E-state index is 0.0260. The summed E-state index contributed by atoms with van der Waals surface area (Å²) in [6.07, 6.45) is 4.41. The number of amides is 1. The highest BCUT2D eigenvalue weighted by Gasteiger charge is 2.05. The van der Waals surface area contributed by atoms with Crippen LogP contribution in [0, 0.1) is 5.92 Å². The molecule has 0 spiro atoms. The van der Waals surface area contributed by atoms with Crippen molar-refractivity contribution in [2.45, 2.75) is 20.3 Å². The Morgan fingerprint density at radius 2 is 2.17 bits per heavy atom. The van der Waals surface area contributed by atoms with E-state index < -0.39 is 0 Å². The highest BCUT2D eigenvalue weighted by Crippen LogP contribution is 2.08. The topological polar surface area (TPSA) is 46.3 Å². The largest absolute Gasteiger partial charge is 0.399 e. The molecule has 18 heavy (non-hydrogen) atoms. The summed E-state index contributed by atoms with van der Waals surface area (Å²) in [4.78, 5) is 13.6. The quantitative estimate of drug-likeness (QED) is 0.641. The Labute approximate surface area is 109 Å². The molecule has 0 heterocycles. The first-order valence-electron chi connectivity index (χ1n) is 6.27. The minimum Gasteiger partial charge on any atom is -0.399 e. The van der Waals surface area contributed by atoms with E-state index in [1.807, 2.05) is 31.3 Å². The van der Waals surface area contributed by atoms with Crippen LogP contribution in [0.15, 0.2) is 30.3 Å². The van der Waals surface area contributed by atoms with Crippen molar-refractivity contribution in [3.8, 4) is 0 Å². The maximum atomic E-state index is 11.8. The van der Waals surface area contributed by atoms with E-state index in [2.05, 4.69) is 13.8 Å². The van der Waals surface area contributed by atoms with E-state index >= 15 is 0 Å². The smallest absolute Gasteiger partial charge is 0.246 e. The van der Waals surface area contributed by atoms with Gasteiger partial charge in [-0.2, -0.15) is 0 Å². The van der Waals surface area contributed by atoms with E-state index in [1.165, 1.54) is 0 Å². The van der Waals surface area contributed by atoms with Crippen LogP contribution < -0.4 is 5.73 Å². The number of likely N-dealkylation sites (N-methyl/N-ethyl adjacent to an activating group) is 1. The van der Waals surface area contributed by atoms with Gasteiger partial charge in [-0.3, -0.25) is 4.79 Å². The zero-order valence-corrected chi connectivity index (χ0v) is 11.4. The Hall–Kier alpha value is -1.77. The number of carbonyl (C=O) groups is 1. The SMILES string of the molecule is CC(C)CCN(C)C(=O)/C=C/c1cccc(N)c1. The molecule has 0 bridgehead atoms. The molecule has 0 aliphatic rings. The molecule has 1 aromatic rings. The highest BCUT2D eigenvalue weighted by molar-refractivity contribution is 5.91. The summed E-state index contributed by atoms with van der Waals surface area (Å²) >= 11 is 0. The second-order valence-electron chi connectivity index (χ2n) is 4.95. The van der Waals surface area contributed by atoms with Crippen molar-refractivity contribution in [1.29, 1.82) is 0 Å². The fourth-order valence-corrected chi connectivity index (χ4v) is 1.52. The minimum absolute atomic E-state index is 0.0260. The molecule has 1 amide bonds. The molecule has 3 heteroatoms. The van der Waals surface area contributed by atoms with Gasteiger partial charge in [0.15, 0.2) is 0 Å². The monoisotopic (exact) mass is 246 g/mol. The lowest BCUT2D eigenvalue weighted by atomic mass is 10.1. The zero-order valence-electron chi connectivity index (χ0n) is 11.4. The Bertz CT molecular complexity index is 424. The molecule has 0 radical (unpaired) electrons. The maximum absolute atomic E-state index is 11.8. The van der Waals surface area contributed by atoms with Crippen LogP contribution in [0.3, 0.4) is 0 Å². The standard InChI is InChI=1S/C15H22N2O/c1-12(2)9-10-17(3)15(18)8-7-13-5-4-6-14(16)11-13/h4-8,11-12H,9-10,16H2,1-3H3/b8-7+. The molecule has 3 nitrogen and oxygen atoms in total. The third kappa shape index (κ3) is 5.04. The molecule has 98 valence electrons. The Morgan fingerprint density at radius 1 is 1.44 bits per heavy atom. The maximum Gasteiger partial charge on any atom is 0.246 e. The van der Waals surface area contributed by atoms with Gasteiger partial charge in [0.25, 0.3) is 0 Å². The van der Waals surface area contributed by atoms with Crippen molar-refractivity contribution >= 4 is 17.7 Å². The van der Waals surface area contributed by atoms with E-state index in [-0.39, 0.29) is 5.91 Å². The van der Waals surface area contributed by atoms with Crippen LogP contribution in [0.2, 0.25) is 0 Å². The van der Waals surface area contributed by atoms with Crippen LogP contribution >= 0.6 is 0 Å². The fourth-order valence-electron chi connectivity index (χ4n) is 1.52. The van der Waals surface area contributed by atoms with Crippen LogP contribution in [-0.4, -0.2) is 24.4 Å². The van der Waals surface area contributed by atoms with Gasteiger partial charge in [0.2, 0.25) is 5.91 Å². The van der Waals surface area contributed by atoms with E-state index in [9.17, 15) is 4.79 Å². The first kappa shape index (κ1) is 14.3. The summed E-state index contributed by atoms with van der Waals surface area (Å²) < 4.78 is 0. The van der Waals surface area contributed by atoms with Crippen LogP contribution in [0.5, 0.6) is 0 Å². The number of rotatable bonds is 5. The molecule has 0 atom stereocenters. The number of benzene rings is 1. The number of nitrogens with two attached hydrogens (primary N) is 1. The average molecular weight is 246 g/mol. The molecule has 1 rings (SSSR count). The Morgan fingerprint density at radius 3 is 2.78 bits per heavy atom.